The van der Waals surface area contributed by atoms with E-state index in [1.54, 1.807) is 7.11 Å². The maximum atomic E-state index is 12.7. The zero-order chi connectivity index (χ0) is 18.3. The van der Waals surface area contributed by atoms with Crippen molar-refractivity contribution in [2.75, 3.05) is 12.4 Å². The molecule has 1 aromatic carbocycles. The molecule has 1 heterocycles. The molecule has 2 aliphatic rings. The fourth-order valence-corrected chi connectivity index (χ4v) is 5.05. The molecular formula is C20H20N2O3S. The third-order valence-electron chi connectivity index (χ3n) is 5.25. The lowest BCUT2D eigenvalue weighted by Gasteiger charge is -2.16. The summed E-state index contributed by atoms with van der Waals surface area (Å²) in [5.41, 5.74) is 2.62. The van der Waals surface area contributed by atoms with E-state index in [9.17, 15) is 15.2 Å². The number of aliphatic hydroxyl groups is 1. The van der Waals surface area contributed by atoms with Gasteiger partial charge < -0.3 is 15.2 Å². The minimum absolute atomic E-state index is 0.0449. The molecule has 1 aromatic heterocycles. The largest absolute Gasteiger partial charge is 0.496 e. The van der Waals surface area contributed by atoms with Crippen LogP contribution in [0.3, 0.4) is 0 Å². The number of anilines is 1. The molecule has 3 atom stereocenters. The van der Waals surface area contributed by atoms with Gasteiger partial charge in [0.05, 0.1) is 18.8 Å². The first-order valence-corrected chi connectivity index (χ1v) is 9.60. The summed E-state index contributed by atoms with van der Waals surface area (Å²) in [5.74, 6) is 0.832. The van der Waals surface area contributed by atoms with E-state index < -0.39 is 0 Å². The molecular weight excluding hydrogens is 348 g/mol. The lowest BCUT2D eigenvalue weighted by Crippen LogP contribution is -2.17. The second-order valence-electron chi connectivity index (χ2n) is 6.90. The molecule has 0 bridgehead atoms. The SMILES string of the molecule is COc1ccccc1C1CC1C(=O)Nc1sc2c(c1C#N)CCC(O)C2. The molecule has 3 unspecified atom stereocenters. The van der Waals surface area contributed by atoms with Crippen LogP contribution in [0.4, 0.5) is 5.00 Å². The van der Waals surface area contributed by atoms with Crippen molar-refractivity contribution in [1.82, 2.24) is 0 Å². The molecule has 1 saturated carbocycles. The van der Waals surface area contributed by atoms with Gasteiger partial charge in [-0.2, -0.15) is 5.26 Å². The number of nitrogens with zero attached hydrogens (tertiary/aromatic N) is 1. The van der Waals surface area contributed by atoms with Crippen LogP contribution in [0.2, 0.25) is 0 Å². The number of para-hydroxylation sites is 1. The van der Waals surface area contributed by atoms with Crippen LogP contribution in [0.25, 0.3) is 0 Å². The summed E-state index contributed by atoms with van der Waals surface area (Å²) in [4.78, 5) is 13.7. The van der Waals surface area contributed by atoms with Crippen molar-refractivity contribution < 1.29 is 14.6 Å². The van der Waals surface area contributed by atoms with Gasteiger partial charge in [0.2, 0.25) is 5.91 Å². The molecule has 2 aromatic rings. The van der Waals surface area contributed by atoms with E-state index in [0.29, 0.717) is 29.8 Å². The van der Waals surface area contributed by atoms with Crippen molar-refractivity contribution in [3.8, 4) is 11.8 Å². The molecule has 2 aliphatic carbocycles. The number of rotatable bonds is 4. The minimum Gasteiger partial charge on any atom is -0.496 e. The molecule has 0 saturated heterocycles. The first kappa shape index (κ1) is 17.1. The van der Waals surface area contributed by atoms with Crippen LogP contribution in [0.5, 0.6) is 5.75 Å². The Morgan fingerprint density at radius 3 is 3.00 bits per heavy atom. The predicted molar refractivity (Wildman–Crippen MR) is 99.5 cm³/mol. The summed E-state index contributed by atoms with van der Waals surface area (Å²) >= 11 is 1.43. The third kappa shape index (κ3) is 2.98. The van der Waals surface area contributed by atoms with Gasteiger partial charge in [-0.25, -0.2) is 0 Å². The van der Waals surface area contributed by atoms with E-state index in [-0.39, 0.29) is 23.8 Å². The monoisotopic (exact) mass is 368 g/mol. The Morgan fingerprint density at radius 1 is 1.42 bits per heavy atom. The summed E-state index contributed by atoms with van der Waals surface area (Å²) in [7, 11) is 1.64. The number of carbonyl (C=O) groups excluding carboxylic acids is 1. The van der Waals surface area contributed by atoms with Gasteiger partial charge in [-0.15, -0.1) is 11.3 Å². The van der Waals surface area contributed by atoms with E-state index >= 15 is 0 Å². The zero-order valence-corrected chi connectivity index (χ0v) is 15.3. The topological polar surface area (TPSA) is 82.3 Å². The highest BCUT2D eigenvalue weighted by Gasteiger charge is 2.45. The number of ether oxygens (including phenoxy) is 1. The number of hydrogen-bond acceptors (Lipinski definition) is 5. The molecule has 4 rings (SSSR count). The highest BCUT2D eigenvalue weighted by Crippen LogP contribution is 2.51. The summed E-state index contributed by atoms with van der Waals surface area (Å²) in [6.45, 7) is 0. The third-order valence-corrected chi connectivity index (χ3v) is 6.42. The summed E-state index contributed by atoms with van der Waals surface area (Å²) in [5, 5.41) is 23.0. The van der Waals surface area contributed by atoms with Gasteiger partial charge >= 0.3 is 0 Å². The van der Waals surface area contributed by atoms with E-state index in [4.69, 9.17) is 4.74 Å². The molecule has 6 heteroatoms. The number of thiophene rings is 1. The number of amides is 1. The molecule has 1 amide bonds. The standard InChI is InChI=1S/C20H20N2O3S/c1-25-17-5-3-2-4-12(17)14-9-15(14)19(24)22-20-16(10-21)13-7-6-11(23)8-18(13)26-20/h2-5,11,14-15,23H,6-9H2,1H3,(H,22,24). The van der Waals surface area contributed by atoms with Crippen molar-refractivity contribution in [3.63, 3.8) is 0 Å². The second kappa shape index (κ2) is 6.75. The summed E-state index contributed by atoms with van der Waals surface area (Å²) in [6.07, 6.45) is 2.37. The minimum atomic E-state index is -0.352. The lowest BCUT2D eigenvalue weighted by atomic mass is 9.94. The van der Waals surface area contributed by atoms with Gasteiger partial charge in [-0.3, -0.25) is 4.79 Å². The summed E-state index contributed by atoms with van der Waals surface area (Å²) in [6, 6.07) is 10.0. The van der Waals surface area contributed by atoms with E-state index in [1.807, 2.05) is 24.3 Å². The first-order chi connectivity index (χ1) is 12.6. The maximum Gasteiger partial charge on any atom is 0.228 e. The smallest absolute Gasteiger partial charge is 0.228 e. The average molecular weight is 368 g/mol. The average Bonchev–Trinajstić information content (AvgIpc) is 3.37. The van der Waals surface area contributed by atoms with Gasteiger partial charge in [0.1, 0.15) is 16.8 Å². The summed E-state index contributed by atoms with van der Waals surface area (Å²) < 4.78 is 5.40. The fourth-order valence-electron chi connectivity index (χ4n) is 3.78. The molecule has 1 fully saturated rings. The van der Waals surface area contributed by atoms with Crippen LogP contribution >= 0.6 is 11.3 Å². The predicted octanol–water partition coefficient (Wildman–Crippen LogP) is 3.22. The Hall–Kier alpha value is -2.36. The second-order valence-corrected chi connectivity index (χ2v) is 8.00. The Bertz CT molecular complexity index is 899. The highest BCUT2D eigenvalue weighted by molar-refractivity contribution is 7.16. The number of benzene rings is 1. The van der Waals surface area contributed by atoms with Crippen LogP contribution in [0.1, 0.15) is 40.3 Å². The van der Waals surface area contributed by atoms with Crippen molar-refractivity contribution in [3.05, 3.63) is 45.8 Å². The van der Waals surface area contributed by atoms with Gasteiger partial charge in [0.25, 0.3) is 0 Å². The van der Waals surface area contributed by atoms with Crippen LogP contribution in [-0.2, 0) is 17.6 Å². The van der Waals surface area contributed by atoms with Crippen molar-refractivity contribution in [2.45, 2.75) is 37.7 Å². The Balaban J connectivity index is 1.51. The fraction of sp³-hybridized carbons (Fsp3) is 0.400. The van der Waals surface area contributed by atoms with E-state index in [0.717, 1.165) is 28.2 Å². The first-order valence-electron chi connectivity index (χ1n) is 8.78. The number of carbonyl (C=O) groups is 1. The van der Waals surface area contributed by atoms with Crippen molar-refractivity contribution in [1.29, 1.82) is 5.26 Å². The van der Waals surface area contributed by atoms with Crippen LogP contribution < -0.4 is 10.1 Å². The number of nitrogens with one attached hydrogen (secondary N) is 1. The maximum absolute atomic E-state index is 12.7. The Labute approximate surface area is 156 Å². The number of methoxy groups -OCH3 is 1. The lowest BCUT2D eigenvalue weighted by molar-refractivity contribution is -0.117. The molecule has 0 spiro atoms. The highest BCUT2D eigenvalue weighted by atomic mass is 32.1. The van der Waals surface area contributed by atoms with Crippen molar-refractivity contribution in [2.24, 2.45) is 5.92 Å². The van der Waals surface area contributed by atoms with Gasteiger partial charge in [-0.1, -0.05) is 18.2 Å². The molecule has 134 valence electrons. The quantitative estimate of drug-likeness (QED) is 0.868. The van der Waals surface area contributed by atoms with Gasteiger partial charge in [0, 0.05) is 17.2 Å². The van der Waals surface area contributed by atoms with Crippen LogP contribution in [-0.4, -0.2) is 24.2 Å². The Kier molecular flexibility index (Phi) is 4.43. The van der Waals surface area contributed by atoms with Gasteiger partial charge in [0.15, 0.2) is 0 Å². The van der Waals surface area contributed by atoms with Crippen LogP contribution in [0, 0.1) is 17.2 Å². The zero-order valence-electron chi connectivity index (χ0n) is 14.5. The van der Waals surface area contributed by atoms with Crippen LogP contribution in [0.15, 0.2) is 24.3 Å². The van der Waals surface area contributed by atoms with Crippen molar-refractivity contribution >= 4 is 22.2 Å². The van der Waals surface area contributed by atoms with E-state index in [2.05, 4.69) is 11.4 Å². The molecule has 0 aliphatic heterocycles. The molecule has 26 heavy (non-hydrogen) atoms. The molecule has 2 N–H and O–H groups in total. The van der Waals surface area contributed by atoms with E-state index in [1.165, 1.54) is 11.3 Å². The van der Waals surface area contributed by atoms with Gasteiger partial charge in [-0.05, 0) is 42.4 Å². The Morgan fingerprint density at radius 2 is 2.23 bits per heavy atom. The number of fused-ring (bicyclic) bond motifs is 1. The number of hydrogen-bond donors (Lipinski definition) is 2. The number of aliphatic hydroxyl groups excluding tert-OH is 1. The molecule has 5 nitrogen and oxygen atoms in total. The number of nitriles is 1. The normalized spacial score (nSPS) is 23.7. The molecule has 0 radical (unpaired) electrons.